The van der Waals surface area contributed by atoms with E-state index in [0.717, 1.165) is 10.5 Å². The molecule has 5 heteroatoms. The van der Waals surface area contributed by atoms with Crippen molar-refractivity contribution in [3.05, 3.63) is 65.7 Å². The number of imide groups is 1. The molecule has 0 atom stereocenters. The Labute approximate surface area is 148 Å². The fourth-order valence-electron chi connectivity index (χ4n) is 2.19. The Morgan fingerprint density at radius 1 is 0.960 bits per heavy atom. The fraction of sp³-hybridized carbons (Fsp3) is 0.300. The van der Waals surface area contributed by atoms with Crippen LogP contribution in [0.4, 0.5) is 4.79 Å². The van der Waals surface area contributed by atoms with Crippen LogP contribution < -0.4 is 4.74 Å². The maximum atomic E-state index is 12.8. The van der Waals surface area contributed by atoms with E-state index in [9.17, 15) is 9.59 Å². The molecule has 0 unspecified atom stereocenters. The third-order valence-corrected chi connectivity index (χ3v) is 3.38. The molecular weight excluding hydrogens is 318 g/mol. The van der Waals surface area contributed by atoms with Gasteiger partial charge >= 0.3 is 6.09 Å². The van der Waals surface area contributed by atoms with Crippen LogP contribution in [0.15, 0.2) is 54.6 Å². The second-order valence-electron chi connectivity index (χ2n) is 6.59. The number of carbonyl (C=O) groups is 2. The standard InChI is InChI=1S/C20H23NO4/c1-20(2,3)25-19(23)21(18(22)16-8-6-5-7-9-16)14-15-10-12-17(24-4)13-11-15/h5-13H,14H2,1-4H3. The number of methoxy groups -OCH3 is 1. The SMILES string of the molecule is COc1ccc(CN(C(=O)OC(C)(C)C)C(=O)c2ccccc2)cc1. The number of amides is 2. The first-order valence-corrected chi connectivity index (χ1v) is 8.03. The second kappa shape index (κ2) is 7.83. The van der Waals surface area contributed by atoms with Gasteiger partial charge in [0.25, 0.3) is 5.91 Å². The first-order valence-electron chi connectivity index (χ1n) is 8.03. The zero-order chi connectivity index (χ0) is 18.4. The van der Waals surface area contributed by atoms with Crippen LogP contribution in [0.2, 0.25) is 0 Å². The minimum absolute atomic E-state index is 0.118. The summed E-state index contributed by atoms with van der Waals surface area (Å²) in [5, 5.41) is 0. The molecule has 0 aliphatic rings. The molecule has 0 fully saturated rings. The molecular formula is C20H23NO4. The third-order valence-electron chi connectivity index (χ3n) is 3.38. The van der Waals surface area contributed by atoms with Gasteiger partial charge in [-0.2, -0.15) is 0 Å². The lowest BCUT2D eigenvalue weighted by molar-refractivity contribution is 0.0227. The Morgan fingerprint density at radius 3 is 2.08 bits per heavy atom. The predicted molar refractivity (Wildman–Crippen MR) is 95.5 cm³/mol. The maximum Gasteiger partial charge on any atom is 0.417 e. The van der Waals surface area contributed by atoms with Gasteiger partial charge in [-0.3, -0.25) is 4.79 Å². The molecule has 0 N–H and O–H groups in total. The van der Waals surface area contributed by atoms with E-state index in [4.69, 9.17) is 9.47 Å². The van der Waals surface area contributed by atoms with Gasteiger partial charge in [-0.05, 0) is 50.6 Å². The summed E-state index contributed by atoms with van der Waals surface area (Å²) in [6.07, 6.45) is -0.669. The molecule has 0 saturated carbocycles. The predicted octanol–water partition coefficient (Wildman–Crippen LogP) is 4.27. The van der Waals surface area contributed by atoms with Crippen molar-refractivity contribution in [2.45, 2.75) is 32.9 Å². The molecule has 0 bridgehead atoms. The van der Waals surface area contributed by atoms with Crippen LogP contribution in [0.1, 0.15) is 36.7 Å². The van der Waals surface area contributed by atoms with Gasteiger partial charge in [0, 0.05) is 5.56 Å². The van der Waals surface area contributed by atoms with Crippen LogP contribution in [-0.4, -0.2) is 29.6 Å². The van der Waals surface area contributed by atoms with Crippen molar-refractivity contribution in [2.24, 2.45) is 0 Å². The molecule has 2 rings (SSSR count). The Kier molecular flexibility index (Phi) is 5.80. The summed E-state index contributed by atoms with van der Waals surface area (Å²) >= 11 is 0. The van der Waals surface area contributed by atoms with Crippen LogP contribution in [0.3, 0.4) is 0 Å². The van der Waals surface area contributed by atoms with E-state index in [0.29, 0.717) is 11.3 Å². The average molecular weight is 341 g/mol. The molecule has 0 aliphatic heterocycles. The summed E-state index contributed by atoms with van der Waals surface area (Å²) in [4.78, 5) is 26.5. The van der Waals surface area contributed by atoms with Gasteiger partial charge in [-0.1, -0.05) is 30.3 Å². The number of hydrogen-bond donors (Lipinski definition) is 0. The van der Waals surface area contributed by atoms with E-state index in [-0.39, 0.29) is 6.54 Å². The highest BCUT2D eigenvalue weighted by Gasteiger charge is 2.28. The number of rotatable bonds is 4. The lowest BCUT2D eigenvalue weighted by Gasteiger charge is -2.26. The summed E-state index contributed by atoms with van der Waals surface area (Å²) in [5.41, 5.74) is 0.546. The quantitative estimate of drug-likeness (QED) is 0.833. The van der Waals surface area contributed by atoms with E-state index in [1.807, 2.05) is 18.2 Å². The van der Waals surface area contributed by atoms with Crippen LogP contribution in [0.5, 0.6) is 5.75 Å². The van der Waals surface area contributed by atoms with E-state index < -0.39 is 17.6 Å². The second-order valence-corrected chi connectivity index (χ2v) is 6.59. The number of benzene rings is 2. The summed E-state index contributed by atoms with van der Waals surface area (Å²) in [6, 6.07) is 15.9. The van der Waals surface area contributed by atoms with E-state index in [2.05, 4.69) is 0 Å². The molecule has 0 aromatic heterocycles. The van der Waals surface area contributed by atoms with Crippen molar-refractivity contribution in [2.75, 3.05) is 7.11 Å². The topological polar surface area (TPSA) is 55.8 Å². The first kappa shape index (κ1) is 18.5. The molecule has 2 aromatic rings. The molecule has 2 amide bonds. The molecule has 0 saturated heterocycles. The van der Waals surface area contributed by atoms with Crippen LogP contribution in [0, 0.1) is 0 Å². The number of ether oxygens (including phenoxy) is 2. The van der Waals surface area contributed by atoms with E-state index in [1.54, 1.807) is 64.3 Å². The summed E-state index contributed by atoms with van der Waals surface area (Å²) in [7, 11) is 1.58. The lowest BCUT2D eigenvalue weighted by atomic mass is 10.1. The van der Waals surface area contributed by atoms with Gasteiger partial charge in [0.1, 0.15) is 11.4 Å². The van der Waals surface area contributed by atoms with Gasteiger partial charge < -0.3 is 9.47 Å². The summed E-state index contributed by atoms with van der Waals surface area (Å²) < 4.78 is 10.5. The molecule has 0 spiro atoms. The van der Waals surface area contributed by atoms with Gasteiger partial charge in [-0.15, -0.1) is 0 Å². The van der Waals surface area contributed by atoms with E-state index >= 15 is 0 Å². The van der Waals surface area contributed by atoms with Gasteiger partial charge in [0.15, 0.2) is 0 Å². The van der Waals surface area contributed by atoms with Crippen molar-refractivity contribution in [1.29, 1.82) is 0 Å². The van der Waals surface area contributed by atoms with Crippen LogP contribution >= 0.6 is 0 Å². The Bertz CT molecular complexity index is 718. The Morgan fingerprint density at radius 2 is 1.56 bits per heavy atom. The minimum Gasteiger partial charge on any atom is -0.497 e. The third kappa shape index (κ3) is 5.35. The van der Waals surface area contributed by atoms with Crippen molar-refractivity contribution in [3.63, 3.8) is 0 Å². The Hall–Kier alpha value is -2.82. The smallest absolute Gasteiger partial charge is 0.417 e. The molecule has 5 nitrogen and oxygen atoms in total. The normalized spacial score (nSPS) is 10.9. The summed E-state index contributed by atoms with van der Waals surface area (Å²) in [5.74, 6) is 0.313. The lowest BCUT2D eigenvalue weighted by Crippen LogP contribution is -2.40. The fourth-order valence-corrected chi connectivity index (χ4v) is 2.19. The Balaban J connectivity index is 2.27. The van der Waals surface area contributed by atoms with Crippen molar-refractivity contribution >= 4 is 12.0 Å². The highest BCUT2D eigenvalue weighted by atomic mass is 16.6. The van der Waals surface area contributed by atoms with Crippen molar-refractivity contribution in [1.82, 2.24) is 4.90 Å². The van der Waals surface area contributed by atoms with Gasteiger partial charge in [0.05, 0.1) is 13.7 Å². The molecule has 2 aromatic carbocycles. The zero-order valence-electron chi connectivity index (χ0n) is 15.0. The molecule has 132 valence electrons. The molecule has 25 heavy (non-hydrogen) atoms. The summed E-state index contributed by atoms with van der Waals surface area (Å²) in [6.45, 7) is 5.42. The average Bonchev–Trinajstić information content (AvgIpc) is 2.59. The maximum absolute atomic E-state index is 12.8. The number of nitrogens with zero attached hydrogens (tertiary/aromatic N) is 1. The monoisotopic (exact) mass is 341 g/mol. The van der Waals surface area contributed by atoms with Crippen molar-refractivity contribution < 1.29 is 19.1 Å². The van der Waals surface area contributed by atoms with Crippen LogP contribution in [0.25, 0.3) is 0 Å². The zero-order valence-corrected chi connectivity index (χ0v) is 15.0. The highest BCUT2D eigenvalue weighted by Crippen LogP contribution is 2.18. The van der Waals surface area contributed by atoms with Gasteiger partial charge in [0.2, 0.25) is 0 Å². The number of hydrogen-bond acceptors (Lipinski definition) is 4. The molecule has 0 radical (unpaired) electrons. The largest absolute Gasteiger partial charge is 0.497 e. The highest BCUT2D eigenvalue weighted by molar-refractivity contribution is 6.02. The van der Waals surface area contributed by atoms with Crippen molar-refractivity contribution in [3.8, 4) is 5.75 Å². The number of carbonyl (C=O) groups excluding carboxylic acids is 2. The van der Waals surface area contributed by atoms with E-state index in [1.165, 1.54) is 0 Å². The molecule has 0 heterocycles. The first-order chi connectivity index (χ1) is 11.8. The van der Waals surface area contributed by atoms with Gasteiger partial charge in [-0.25, -0.2) is 9.69 Å². The molecule has 0 aliphatic carbocycles. The van der Waals surface area contributed by atoms with Crippen LogP contribution in [-0.2, 0) is 11.3 Å². The minimum atomic E-state index is -0.688.